The number of hydrogen-bond donors (Lipinski definition) is 1. The minimum Gasteiger partial charge on any atom is -0.354 e. The van der Waals surface area contributed by atoms with Crippen LogP contribution < -0.4 is 5.32 Å². The Balaban J connectivity index is 1.68. The molecule has 0 aliphatic heterocycles. The van der Waals surface area contributed by atoms with E-state index in [0.29, 0.717) is 6.54 Å². The zero-order valence-electron chi connectivity index (χ0n) is 12.6. The maximum absolute atomic E-state index is 12.2. The second-order valence-corrected chi connectivity index (χ2v) is 9.83. The molecule has 0 radical (unpaired) electrons. The van der Waals surface area contributed by atoms with Crippen LogP contribution in [0.1, 0.15) is 5.56 Å². The minimum atomic E-state index is -3.57. The number of amides is 1. The van der Waals surface area contributed by atoms with E-state index in [1.807, 2.05) is 5.38 Å². The summed E-state index contributed by atoms with van der Waals surface area (Å²) in [5.41, 5.74) is 1.29. The normalized spacial score (nSPS) is 11.7. The van der Waals surface area contributed by atoms with Crippen molar-refractivity contribution in [3.63, 3.8) is 0 Å². The zero-order chi connectivity index (χ0) is 16.7. The molecule has 0 aliphatic carbocycles. The molecule has 2 rings (SSSR count). The van der Waals surface area contributed by atoms with Gasteiger partial charge >= 0.3 is 0 Å². The van der Waals surface area contributed by atoms with E-state index in [1.165, 1.54) is 18.7 Å². The van der Waals surface area contributed by atoms with Crippen LogP contribution in [0.2, 0.25) is 0 Å². The molecule has 2 aromatic rings. The van der Waals surface area contributed by atoms with Crippen molar-refractivity contribution in [3.05, 3.63) is 39.9 Å². The summed E-state index contributed by atoms with van der Waals surface area (Å²) < 4.78 is 25.7. The predicted octanol–water partition coefficient (Wildman–Crippen LogP) is 2.48. The summed E-state index contributed by atoms with van der Waals surface area (Å²) in [6.45, 7) is 0.357. The van der Waals surface area contributed by atoms with Crippen molar-refractivity contribution >= 4 is 50.4 Å². The zero-order valence-corrected chi connectivity index (χ0v) is 15.9. The quantitative estimate of drug-likeness (QED) is 0.668. The average Bonchev–Trinajstić information content (AvgIpc) is 3.20. The van der Waals surface area contributed by atoms with Gasteiger partial charge in [0.2, 0.25) is 5.91 Å². The first-order chi connectivity index (χ1) is 11.0. The molecule has 1 N–H and O–H groups in total. The van der Waals surface area contributed by atoms with Gasteiger partial charge in [-0.25, -0.2) is 8.42 Å². The van der Waals surface area contributed by atoms with Gasteiger partial charge < -0.3 is 5.32 Å². The summed E-state index contributed by atoms with van der Waals surface area (Å²) in [4.78, 5) is 11.8. The van der Waals surface area contributed by atoms with E-state index >= 15 is 0 Å². The van der Waals surface area contributed by atoms with E-state index in [9.17, 15) is 13.2 Å². The van der Waals surface area contributed by atoms with Gasteiger partial charge in [-0.1, -0.05) is 6.07 Å². The number of likely N-dealkylation sites (N-methyl/N-ethyl adjacent to an activating group) is 1. The molecular weight excluding hydrogens is 372 g/mol. The van der Waals surface area contributed by atoms with Crippen LogP contribution in [0.5, 0.6) is 0 Å². The Kier molecular flexibility index (Phi) is 7.09. The van der Waals surface area contributed by atoms with E-state index in [0.717, 1.165) is 27.1 Å². The van der Waals surface area contributed by atoms with Crippen LogP contribution >= 0.6 is 34.4 Å². The van der Waals surface area contributed by atoms with Crippen molar-refractivity contribution in [1.29, 1.82) is 0 Å². The Hall–Kier alpha value is -0.870. The molecule has 2 aromatic heterocycles. The van der Waals surface area contributed by atoms with Gasteiger partial charge in [-0.2, -0.15) is 27.4 Å². The van der Waals surface area contributed by atoms with Crippen molar-refractivity contribution in [2.75, 3.05) is 25.9 Å². The van der Waals surface area contributed by atoms with Crippen LogP contribution in [0, 0.1) is 0 Å². The fourth-order valence-electron chi connectivity index (χ4n) is 1.73. The molecule has 9 heteroatoms. The third kappa shape index (κ3) is 5.61. The number of rotatable bonds is 9. The van der Waals surface area contributed by atoms with Gasteiger partial charge in [0.1, 0.15) is 4.21 Å². The molecule has 0 bridgehead atoms. The Morgan fingerprint density at radius 2 is 2.17 bits per heavy atom. The molecule has 0 aliphatic rings. The minimum absolute atomic E-state index is 0.171. The molecule has 1 amide bonds. The lowest BCUT2D eigenvalue weighted by Gasteiger charge is -2.15. The first kappa shape index (κ1) is 18.5. The number of hydrogen-bond acceptors (Lipinski definition) is 6. The molecule has 0 saturated carbocycles. The highest BCUT2D eigenvalue weighted by Crippen LogP contribution is 2.19. The summed E-state index contributed by atoms with van der Waals surface area (Å²) in [6.07, 6.45) is 0. The van der Waals surface area contributed by atoms with Gasteiger partial charge in [0.15, 0.2) is 0 Å². The van der Waals surface area contributed by atoms with Crippen molar-refractivity contribution in [1.82, 2.24) is 9.62 Å². The van der Waals surface area contributed by atoms with E-state index in [2.05, 4.69) is 16.8 Å². The van der Waals surface area contributed by atoms with E-state index in [1.54, 1.807) is 34.5 Å². The second-order valence-electron chi connectivity index (χ2n) is 4.73. The molecular formula is C14H18N2O3S4. The average molecular weight is 391 g/mol. The third-order valence-electron chi connectivity index (χ3n) is 2.94. The first-order valence-electron chi connectivity index (χ1n) is 6.85. The fraction of sp³-hybridized carbons (Fsp3) is 0.357. The summed E-state index contributed by atoms with van der Waals surface area (Å²) in [6, 6.07) is 5.30. The van der Waals surface area contributed by atoms with Crippen molar-refractivity contribution in [2.24, 2.45) is 0 Å². The number of thiophene rings is 2. The van der Waals surface area contributed by atoms with Crippen LogP contribution in [0.3, 0.4) is 0 Å². The second kappa shape index (κ2) is 8.84. The van der Waals surface area contributed by atoms with Crippen LogP contribution in [-0.4, -0.2) is 44.5 Å². The Morgan fingerprint density at radius 1 is 1.35 bits per heavy atom. The summed E-state index contributed by atoms with van der Waals surface area (Å²) >= 11 is 4.55. The SMILES string of the molecule is CN(CC(=O)NCCSCc1ccsc1)S(=O)(=O)c1cccs1. The lowest BCUT2D eigenvalue weighted by Crippen LogP contribution is -2.38. The number of carbonyl (C=O) groups is 1. The van der Waals surface area contributed by atoms with Gasteiger partial charge in [0.05, 0.1) is 6.54 Å². The number of thioether (sulfide) groups is 1. The topological polar surface area (TPSA) is 66.5 Å². The first-order valence-corrected chi connectivity index (χ1v) is 11.3. The Morgan fingerprint density at radius 3 is 2.83 bits per heavy atom. The molecule has 0 saturated heterocycles. The van der Waals surface area contributed by atoms with Crippen LogP contribution in [0.15, 0.2) is 38.5 Å². The Bertz CT molecular complexity index is 696. The standard InChI is InChI=1S/C14H18N2O3S4/c1-16(23(18,19)14-3-2-6-22-14)9-13(17)15-5-8-21-11-12-4-7-20-10-12/h2-4,6-7,10H,5,8-9,11H2,1H3,(H,15,17). The smallest absolute Gasteiger partial charge is 0.252 e. The highest BCUT2D eigenvalue weighted by atomic mass is 32.2. The number of carbonyl (C=O) groups excluding carboxylic acids is 1. The molecule has 2 heterocycles. The van der Waals surface area contributed by atoms with Gasteiger partial charge in [0.25, 0.3) is 10.0 Å². The van der Waals surface area contributed by atoms with Crippen LogP contribution in [-0.2, 0) is 20.6 Å². The molecule has 0 fully saturated rings. The number of nitrogens with one attached hydrogen (secondary N) is 1. The van der Waals surface area contributed by atoms with Gasteiger partial charge in [-0.05, 0) is 33.8 Å². The summed E-state index contributed by atoms with van der Waals surface area (Å²) in [5.74, 6) is 1.43. The van der Waals surface area contributed by atoms with Gasteiger partial charge in [-0.3, -0.25) is 4.79 Å². The fourth-order valence-corrected chi connectivity index (χ4v) is 5.64. The lowest BCUT2D eigenvalue weighted by atomic mass is 10.4. The van der Waals surface area contributed by atoms with Crippen LogP contribution in [0.4, 0.5) is 0 Å². The molecule has 23 heavy (non-hydrogen) atoms. The highest BCUT2D eigenvalue weighted by molar-refractivity contribution is 7.98. The largest absolute Gasteiger partial charge is 0.354 e. The van der Waals surface area contributed by atoms with E-state index in [4.69, 9.17) is 0 Å². The van der Waals surface area contributed by atoms with Gasteiger partial charge in [0, 0.05) is 25.1 Å². The molecule has 0 spiro atoms. The van der Waals surface area contributed by atoms with E-state index in [-0.39, 0.29) is 16.7 Å². The maximum Gasteiger partial charge on any atom is 0.252 e. The van der Waals surface area contributed by atoms with Crippen molar-refractivity contribution < 1.29 is 13.2 Å². The highest BCUT2D eigenvalue weighted by Gasteiger charge is 2.23. The van der Waals surface area contributed by atoms with Crippen molar-refractivity contribution in [2.45, 2.75) is 9.96 Å². The molecule has 126 valence electrons. The van der Waals surface area contributed by atoms with Crippen molar-refractivity contribution in [3.8, 4) is 0 Å². The molecule has 0 atom stereocenters. The summed E-state index contributed by atoms with van der Waals surface area (Å²) in [7, 11) is -2.15. The Labute approximate surface area is 148 Å². The van der Waals surface area contributed by atoms with Crippen LogP contribution in [0.25, 0.3) is 0 Å². The predicted molar refractivity (Wildman–Crippen MR) is 97.6 cm³/mol. The monoisotopic (exact) mass is 390 g/mol. The lowest BCUT2D eigenvalue weighted by molar-refractivity contribution is -0.121. The van der Waals surface area contributed by atoms with Gasteiger partial charge in [-0.15, -0.1) is 11.3 Å². The molecule has 0 aromatic carbocycles. The van der Waals surface area contributed by atoms with E-state index < -0.39 is 10.0 Å². The summed E-state index contributed by atoms with van der Waals surface area (Å²) in [5, 5.41) is 8.60. The number of sulfonamides is 1. The molecule has 5 nitrogen and oxygen atoms in total. The number of nitrogens with zero attached hydrogens (tertiary/aromatic N) is 1. The maximum atomic E-state index is 12.2. The third-order valence-corrected chi connectivity index (χ3v) is 7.88. The molecule has 0 unspecified atom stereocenters.